The first-order valence-electron chi connectivity index (χ1n) is 6.64. The number of carbonyl (C=O) groups is 1. The molecule has 118 valence electrons. The third-order valence-electron chi connectivity index (χ3n) is 2.44. The maximum absolute atomic E-state index is 12.1. The van der Waals surface area contributed by atoms with Gasteiger partial charge in [0.2, 0.25) is 5.91 Å². The van der Waals surface area contributed by atoms with E-state index in [0.29, 0.717) is 10.8 Å². The molecule has 0 aliphatic carbocycles. The number of amides is 1. The van der Waals surface area contributed by atoms with Crippen molar-refractivity contribution in [3.05, 3.63) is 23.4 Å². The van der Waals surface area contributed by atoms with E-state index in [2.05, 4.69) is 27.4 Å². The minimum Gasteiger partial charge on any atom is -0.310 e. The van der Waals surface area contributed by atoms with Gasteiger partial charge in [0.05, 0.1) is 10.3 Å². The minimum atomic E-state index is -0.283. The van der Waals surface area contributed by atoms with Gasteiger partial charge in [-0.3, -0.25) is 4.79 Å². The summed E-state index contributed by atoms with van der Waals surface area (Å²) in [6.07, 6.45) is 2.59. The summed E-state index contributed by atoms with van der Waals surface area (Å²) >= 11 is 10.4. The van der Waals surface area contributed by atoms with Crippen LogP contribution in [0.4, 0.5) is 5.82 Å². The Hall–Kier alpha value is -0.830. The number of carbonyl (C=O) groups excluding carboxylic acids is 1. The summed E-state index contributed by atoms with van der Waals surface area (Å²) in [5, 5.41) is 11.2. The van der Waals surface area contributed by atoms with E-state index in [0.717, 1.165) is 20.9 Å². The van der Waals surface area contributed by atoms with E-state index in [4.69, 9.17) is 11.6 Å². The predicted octanol–water partition coefficient (Wildman–Crippen LogP) is 4.21. The highest BCUT2D eigenvalue weighted by molar-refractivity contribution is 8.03. The quantitative estimate of drug-likeness (QED) is 0.732. The second-order valence-electron chi connectivity index (χ2n) is 4.29. The molecule has 1 N–H and O–H groups in total. The number of pyridine rings is 1. The number of hydrogen-bond acceptors (Lipinski definition) is 7. The Morgan fingerprint density at radius 1 is 1.41 bits per heavy atom. The number of halogens is 1. The molecule has 0 spiro atoms. The lowest BCUT2D eigenvalue weighted by Crippen LogP contribution is -2.22. The lowest BCUT2D eigenvalue weighted by molar-refractivity contribution is -0.115. The molecule has 0 aliphatic rings. The second kappa shape index (κ2) is 8.71. The van der Waals surface area contributed by atoms with Crippen LogP contribution in [-0.2, 0) is 4.79 Å². The molecule has 1 unspecified atom stereocenters. The first-order chi connectivity index (χ1) is 10.6. The van der Waals surface area contributed by atoms with Gasteiger partial charge in [0.1, 0.15) is 5.82 Å². The Kier molecular flexibility index (Phi) is 6.94. The second-order valence-corrected chi connectivity index (χ2v) is 8.64. The van der Waals surface area contributed by atoms with Gasteiger partial charge < -0.3 is 5.32 Å². The van der Waals surface area contributed by atoms with Crippen LogP contribution in [0.2, 0.25) is 5.02 Å². The molecule has 0 saturated carbocycles. The minimum absolute atomic E-state index is 0.127. The Morgan fingerprint density at radius 3 is 2.86 bits per heavy atom. The molecule has 0 aliphatic heterocycles. The summed E-state index contributed by atoms with van der Waals surface area (Å²) in [5.74, 6) is 1.38. The van der Waals surface area contributed by atoms with Crippen molar-refractivity contribution in [2.75, 3.05) is 11.1 Å². The SMILES string of the molecule is CCCSc1nnc(SC(C)C(=O)Nc2ccc(Cl)cn2)s1. The predicted molar refractivity (Wildman–Crippen MR) is 94.1 cm³/mol. The molecular formula is C13H15ClN4OS3. The molecule has 2 rings (SSSR count). The largest absolute Gasteiger partial charge is 0.310 e. The molecule has 5 nitrogen and oxygen atoms in total. The van der Waals surface area contributed by atoms with Crippen LogP contribution in [-0.4, -0.2) is 32.1 Å². The average Bonchev–Trinajstić information content (AvgIpc) is 2.95. The van der Waals surface area contributed by atoms with Gasteiger partial charge in [0.15, 0.2) is 8.68 Å². The Bertz CT molecular complexity index is 620. The lowest BCUT2D eigenvalue weighted by Gasteiger charge is -2.09. The summed E-state index contributed by atoms with van der Waals surface area (Å²) in [5.41, 5.74) is 0. The summed E-state index contributed by atoms with van der Waals surface area (Å²) in [7, 11) is 0. The molecule has 2 aromatic rings. The monoisotopic (exact) mass is 374 g/mol. The number of nitrogens with zero attached hydrogens (tertiary/aromatic N) is 3. The number of nitrogens with one attached hydrogen (secondary N) is 1. The molecule has 0 aromatic carbocycles. The van der Waals surface area contributed by atoms with Crippen LogP contribution in [0.15, 0.2) is 27.0 Å². The van der Waals surface area contributed by atoms with Gasteiger partial charge >= 0.3 is 0 Å². The molecule has 9 heteroatoms. The highest BCUT2D eigenvalue weighted by atomic mass is 35.5. The molecule has 1 amide bonds. The fourth-order valence-corrected chi connectivity index (χ4v) is 4.58. The van der Waals surface area contributed by atoms with Gasteiger partial charge in [-0.05, 0) is 25.5 Å². The van der Waals surface area contributed by atoms with E-state index in [1.165, 1.54) is 29.3 Å². The molecule has 0 saturated heterocycles. The first-order valence-corrected chi connectivity index (χ1v) is 9.70. The summed E-state index contributed by atoms with van der Waals surface area (Å²) in [4.78, 5) is 16.2. The maximum Gasteiger partial charge on any atom is 0.238 e. The van der Waals surface area contributed by atoms with Crippen molar-refractivity contribution in [2.24, 2.45) is 0 Å². The number of thioether (sulfide) groups is 2. The lowest BCUT2D eigenvalue weighted by atomic mass is 10.4. The van der Waals surface area contributed by atoms with Gasteiger partial charge in [0, 0.05) is 11.9 Å². The summed E-state index contributed by atoms with van der Waals surface area (Å²) in [6, 6.07) is 3.35. The van der Waals surface area contributed by atoms with Crippen molar-refractivity contribution in [3.8, 4) is 0 Å². The number of rotatable bonds is 7. The van der Waals surface area contributed by atoms with Gasteiger partial charge in [0.25, 0.3) is 0 Å². The van der Waals surface area contributed by atoms with Gasteiger partial charge in [-0.1, -0.05) is 53.4 Å². The van der Waals surface area contributed by atoms with E-state index in [1.54, 1.807) is 23.9 Å². The normalized spacial score (nSPS) is 12.1. The van der Waals surface area contributed by atoms with Crippen LogP contribution in [0.25, 0.3) is 0 Å². The average molecular weight is 375 g/mol. The Balaban J connectivity index is 1.87. The smallest absolute Gasteiger partial charge is 0.238 e. The van der Waals surface area contributed by atoms with E-state index >= 15 is 0 Å². The van der Waals surface area contributed by atoms with Crippen LogP contribution in [0.5, 0.6) is 0 Å². The molecule has 0 fully saturated rings. The van der Waals surface area contributed by atoms with Crippen LogP contribution in [0.1, 0.15) is 20.3 Å². The van der Waals surface area contributed by atoms with Crippen molar-refractivity contribution >= 4 is 58.2 Å². The summed E-state index contributed by atoms with van der Waals surface area (Å²) in [6.45, 7) is 3.96. The highest BCUT2D eigenvalue weighted by Crippen LogP contribution is 2.31. The van der Waals surface area contributed by atoms with Crippen LogP contribution in [0, 0.1) is 0 Å². The van der Waals surface area contributed by atoms with E-state index in [1.807, 2.05) is 6.92 Å². The first kappa shape index (κ1) is 17.5. The number of hydrogen-bond donors (Lipinski definition) is 1. The molecular weight excluding hydrogens is 360 g/mol. The Labute approximate surface area is 146 Å². The zero-order valence-electron chi connectivity index (χ0n) is 12.1. The fraction of sp³-hybridized carbons (Fsp3) is 0.385. The van der Waals surface area contributed by atoms with Crippen molar-refractivity contribution in [2.45, 2.75) is 34.2 Å². The standard InChI is InChI=1S/C13H15ClN4OS3/c1-3-6-20-12-17-18-13(22-12)21-8(2)11(19)16-10-5-4-9(14)7-15-10/h4-5,7-8H,3,6H2,1-2H3,(H,15,16,19). The van der Waals surface area contributed by atoms with Crippen molar-refractivity contribution in [1.29, 1.82) is 0 Å². The molecule has 2 heterocycles. The van der Waals surface area contributed by atoms with Crippen molar-refractivity contribution in [1.82, 2.24) is 15.2 Å². The zero-order chi connectivity index (χ0) is 15.9. The van der Waals surface area contributed by atoms with E-state index < -0.39 is 0 Å². The zero-order valence-corrected chi connectivity index (χ0v) is 15.3. The molecule has 2 aromatic heterocycles. The van der Waals surface area contributed by atoms with Crippen LogP contribution < -0.4 is 5.32 Å². The number of aromatic nitrogens is 3. The summed E-state index contributed by atoms with van der Waals surface area (Å²) < 4.78 is 1.74. The molecule has 22 heavy (non-hydrogen) atoms. The third kappa shape index (κ3) is 5.42. The molecule has 1 atom stereocenters. The van der Waals surface area contributed by atoms with Gasteiger partial charge in [-0.25, -0.2) is 4.98 Å². The topological polar surface area (TPSA) is 67.8 Å². The molecule has 0 radical (unpaired) electrons. The van der Waals surface area contributed by atoms with E-state index in [-0.39, 0.29) is 11.2 Å². The van der Waals surface area contributed by atoms with Gasteiger partial charge in [-0.15, -0.1) is 10.2 Å². The van der Waals surface area contributed by atoms with Crippen molar-refractivity contribution < 1.29 is 4.79 Å². The maximum atomic E-state index is 12.1. The fourth-order valence-electron chi connectivity index (χ4n) is 1.37. The third-order valence-corrected chi connectivity index (χ3v) is 6.11. The van der Waals surface area contributed by atoms with E-state index in [9.17, 15) is 4.79 Å². The van der Waals surface area contributed by atoms with Crippen LogP contribution in [0.3, 0.4) is 0 Å². The molecule has 0 bridgehead atoms. The van der Waals surface area contributed by atoms with Gasteiger partial charge in [-0.2, -0.15) is 0 Å². The van der Waals surface area contributed by atoms with Crippen molar-refractivity contribution in [3.63, 3.8) is 0 Å². The number of anilines is 1. The highest BCUT2D eigenvalue weighted by Gasteiger charge is 2.17. The Morgan fingerprint density at radius 2 is 2.18 bits per heavy atom. The van der Waals surface area contributed by atoms with Crippen LogP contribution >= 0.6 is 46.5 Å².